The standard InChI is InChI=1S/C23H28FN3O2/c1-15-21-13-16-3-8-19(28)14-20(16)23(15,10-12-27(21)2)9-11-25-22(29)26-18-6-4-17(24)5-7-18/h3-8,14-15,21,28H,9-13H2,1-2H3,(H2,25,26,29)/t15-,21+,23+/m0/s1. The zero-order valence-electron chi connectivity index (χ0n) is 16.9. The molecule has 3 N–H and O–H groups in total. The molecular weight excluding hydrogens is 369 g/mol. The minimum Gasteiger partial charge on any atom is -0.508 e. The molecule has 2 bridgehead atoms. The Hall–Kier alpha value is -2.60. The predicted octanol–water partition coefficient (Wildman–Crippen LogP) is 3.88. The number of hydrogen-bond donors (Lipinski definition) is 3. The smallest absolute Gasteiger partial charge is 0.319 e. The normalized spacial score (nSPS) is 25.9. The first-order chi connectivity index (χ1) is 13.9. The third kappa shape index (κ3) is 3.69. The van der Waals surface area contributed by atoms with Gasteiger partial charge in [0.05, 0.1) is 0 Å². The van der Waals surface area contributed by atoms with Crippen molar-refractivity contribution in [3.8, 4) is 5.75 Å². The summed E-state index contributed by atoms with van der Waals surface area (Å²) in [5, 5.41) is 15.8. The van der Waals surface area contributed by atoms with E-state index in [-0.39, 0.29) is 17.3 Å². The number of aromatic hydroxyl groups is 1. The van der Waals surface area contributed by atoms with Crippen LogP contribution in [-0.4, -0.2) is 42.2 Å². The number of fused-ring (bicyclic) bond motifs is 4. The number of amides is 2. The van der Waals surface area contributed by atoms with E-state index in [1.165, 1.54) is 35.4 Å². The van der Waals surface area contributed by atoms with E-state index in [2.05, 4.69) is 29.5 Å². The minimum atomic E-state index is -0.333. The second-order valence-electron chi connectivity index (χ2n) is 8.43. The number of phenolic OH excluding ortho intramolecular Hbond substituents is 1. The number of carbonyl (C=O) groups excluding carboxylic acids is 1. The third-order valence-electron chi connectivity index (χ3n) is 6.94. The van der Waals surface area contributed by atoms with Crippen LogP contribution in [0.5, 0.6) is 5.75 Å². The van der Waals surface area contributed by atoms with Crippen LogP contribution in [0, 0.1) is 11.7 Å². The summed E-state index contributed by atoms with van der Waals surface area (Å²) in [6, 6.07) is 11.6. The maximum absolute atomic E-state index is 13.0. The summed E-state index contributed by atoms with van der Waals surface area (Å²) < 4.78 is 13.0. The maximum Gasteiger partial charge on any atom is 0.319 e. The van der Waals surface area contributed by atoms with Gasteiger partial charge in [-0.1, -0.05) is 13.0 Å². The first kappa shape index (κ1) is 19.7. The highest BCUT2D eigenvalue weighted by molar-refractivity contribution is 5.89. The highest BCUT2D eigenvalue weighted by Crippen LogP contribution is 2.51. The summed E-state index contributed by atoms with van der Waals surface area (Å²) >= 11 is 0. The lowest BCUT2D eigenvalue weighted by atomic mass is 9.56. The van der Waals surface area contributed by atoms with Crippen molar-refractivity contribution < 1.29 is 14.3 Å². The van der Waals surface area contributed by atoms with E-state index >= 15 is 0 Å². The largest absolute Gasteiger partial charge is 0.508 e. The highest BCUT2D eigenvalue weighted by Gasteiger charge is 2.50. The fourth-order valence-corrected chi connectivity index (χ4v) is 5.26. The van der Waals surface area contributed by atoms with Crippen LogP contribution >= 0.6 is 0 Å². The van der Waals surface area contributed by atoms with E-state index in [1.54, 1.807) is 6.07 Å². The molecule has 2 aromatic rings. The number of urea groups is 1. The molecule has 6 heteroatoms. The zero-order valence-corrected chi connectivity index (χ0v) is 16.9. The van der Waals surface area contributed by atoms with Gasteiger partial charge in [-0.05, 0) is 86.3 Å². The van der Waals surface area contributed by atoms with E-state index in [9.17, 15) is 14.3 Å². The molecule has 2 aromatic carbocycles. The van der Waals surface area contributed by atoms with E-state index < -0.39 is 0 Å². The average molecular weight is 397 g/mol. The second kappa shape index (κ2) is 7.67. The van der Waals surface area contributed by atoms with Gasteiger partial charge in [-0.15, -0.1) is 0 Å². The highest BCUT2D eigenvalue weighted by atomic mass is 19.1. The molecule has 0 unspecified atom stereocenters. The van der Waals surface area contributed by atoms with Crippen molar-refractivity contribution in [3.05, 3.63) is 59.4 Å². The van der Waals surface area contributed by atoms with Crippen LogP contribution < -0.4 is 10.6 Å². The lowest BCUT2D eigenvalue weighted by Gasteiger charge is -2.55. The number of carbonyl (C=O) groups is 1. The number of hydrogen-bond acceptors (Lipinski definition) is 3. The Kier molecular flexibility index (Phi) is 5.21. The molecule has 1 aliphatic carbocycles. The van der Waals surface area contributed by atoms with Gasteiger partial charge in [0, 0.05) is 23.7 Å². The molecule has 1 aliphatic heterocycles. The Morgan fingerprint density at radius 1 is 1.28 bits per heavy atom. The van der Waals surface area contributed by atoms with Gasteiger partial charge in [-0.3, -0.25) is 0 Å². The second-order valence-corrected chi connectivity index (χ2v) is 8.43. The fraction of sp³-hybridized carbons (Fsp3) is 0.435. The van der Waals surface area contributed by atoms with Crippen LogP contribution in [0.2, 0.25) is 0 Å². The maximum atomic E-state index is 13.0. The summed E-state index contributed by atoms with van der Waals surface area (Å²) in [6.45, 7) is 3.83. The Balaban J connectivity index is 1.48. The van der Waals surface area contributed by atoms with Crippen LogP contribution in [0.1, 0.15) is 30.9 Å². The summed E-state index contributed by atoms with van der Waals surface area (Å²) in [5.41, 5.74) is 3.03. The van der Waals surface area contributed by atoms with Gasteiger partial charge in [-0.2, -0.15) is 0 Å². The first-order valence-corrected chi connectivity index (χ1v) is 10.2. The van der Waals surface area contributed by atoms with Crippen molar-refractivity contribution in [3.63, 3.8) is 0 Å². The van der Waals surface area contributed by atoms with Crippen molar-refractivity contribution in [2.75, 3.05) is 25.5 Å². The van der Waals surface area contributed by atoms with Crippen LogP contribution in [0.3, 0.4) is 0 Å². The van der Waals surface area contributed by atoms with E-state index in [4.69, 9.17) is 0 Å². The van der Waals surface area contributed by atoms with Crippen molar-refractivity contribution >= 4 is 11.7 Å². The van der Waals surface area contributed by atoms with Crippen molar-refractivity contribution in [1.82, 2.24) is 10.2 Å². The fourth-order valence-electron chi connectivity index (χ4n) is 5.26. The summed E-state index contributed by atoms with van der Waals surface area (Å²) in [6.07, 6.45) is 2.80. The molecule has 0 aromatic heterocycles. The number of likely N-dealkylation sites (tertiary alicyclic amines) is 1. The lowest BCUT2D eigenvalue weighted by molar-refractivity contribution is 0.0364. The Labute approximate surface area is 170 Å². The Morgan fingerprint density at radius 3 is 2.79 bits per heavy atom. The van der Waals surface area contributed by atoms with Crippen molar-refractivity contribution in [1.29, 1.82) is 0 Å². The van der Waals surface area contributed by atoms with Crippen molar-refractivity contribution in [2.45, 2.75) is 37.6 Å². The molecule has 3 atom stereocenters. The first-order valence-electron chi connectivity index (χ1n) is 10.2. The Morgan fingerprint density at radius 2 is 2.03 bits per heavy atom. The Bertz CT molecular complexity index is 901. The summed E-state index contributed by atoms with van der Waals surface area (Å²) in [4.78, 5) is 14.7. The summed E-state index contributed by atoms with van der Waals surface area (Å²) in [5.74, 6) is 0.396. The number of piperidine rings is 1. The number of likely N-dealkylation sites (N-methyl/N-ethyl adjacent to an activating group) is 1. The molecule has 1 heterocycles. The monoisotopic (exact) mass is 397 g/mol. The lowest BCUT2D eigenvalue weighted by Crippen LogP contribution is -2.58. The third-order valence-corrected chi connectivity index (χ3v) is 6.94. The van der Waals surface area contributed by atoms with Crippen LogP contribution in [0.4, 0.5) is 14.9 Å². The van der Waals surface area contributed by atoms with E-state index in [0.717, 1.165) is 25.8 Å². The van der Waals surface area contributed by atoms with Crippen LogP contribution in [-0.2, 0) is 11.8 Å². The molecule has 1 saturated heterocycles. The van der Waals surface area contributed by atoms with Gasteiger partial charge in [0.25, 0.3) is 0 Å². The number of phenols is 1. The van der Waals surface area contributed by atoms with Gasteiger partial charge in [0.15, 0.2) is 0 Å². The molecule has 154 valence electrons. The minimum absolute atomic E-state index is 0.0628. The molecule has 4 rings (SSSR count). The predicted molar refractivity (Wildman–Crippen MR) is 112 cm³/mol. The number of halogens is 1. The van der Waals surface area contributed by atoms with Gasteiger partial charge >= 0.3 is 6.03 Å². The van der Waals surface area contributed by atoms with Gasteiger partial charge in [0.2, 0.25) is 0 Å². The van der Waals surface area contributed by atoms with E-state index in [0.29, 0.717) is 29.9 Å². The van der Waals surface area contributed by atoms with Gasteiger partial charge < -0.3 is 20.6 Å². The number of rotatable bonds is 4. The molecule has 0 spiro atoms. The van der Waals surface area contributed by atoms with Crippen molar-refractivity contribution in [2.24, 2.45) is 5.92 Å². The summed E-state index contributed by atoms with van der Waals surface area (Å²) in [7, 11) is 2.19. The number of nitrogens with one attached hydrogen (secondary N) is 2. The molecule has 2 aliphatic rings. The molecular formula is C23H28FN3O2. The molecule has 2 amide bonds. The topological polar surface area (TPSA) is 64.6 Å². The quantitative estimate of drug-likeness (QED) is 0.734. The molecule has 5 nitrogen and oxygen atoms in total. The molecule has 0 saturated carbocycles. The number of anilines is 1. The molecule has 0 radical (unpaired) electrons. The molecule has 1 fully saturated rings. The SMILES string of the molecule is C[C@H]1[C@H]2Cc3ccc(O)cc3[C@]1(CCNC(=O)Nc1ccc(F)cc1)CCN2C. The van der Waals surface area contributed by atoms with Crippen LogP contribution in [0.15, 0.2) is 42.5 Å². The number of nitrogens with zero attached hydrogens (tertiary/aromatic N) is 1. The van der Waals surface area contributed by atoms with Gasteiger partial charge in [-0.25, -0.2) is 9.18 Å². The van der Waals surface area contributed by atoms with E-state index in [1.807, 2.05) is 12.1 Å². The number of benzene rings is 2. The average Bonchev–Trinajstić information content (AvgIpc) is 2.69. The van der Waals surface area contributed by atoms with Gasteiger partial charge in [0.1, 0.15) is 11.6 Å². The van der Waals surface area contributed by atoms with Crippen LogP contribution in [0.25, 0.3) is 0 Å². The zero-order chi connectivity index (χ0) is 20.6. The molecule has 29 heavy (non-hydrogen) atoms.